The third-order valence-electron chi connectivity index (χ3n) is 4.96. The number of benzene rings is 1. The van der Waals surface area contributed by atoms with Crippen LogP contribution in [-0.4, -0.2) is 53.8 Å². The Bertz CT molecular complexity index is 722. The van der Waals surface area contributed by atoms with E-state index in [4.69, 9.17) is 4.42 Å². The van der Waals surface area contributed by atoms with Gasteiger partial charge in [0.05, 0.1) is 23.9 Å². The van der Waals surface area contributed by atoms with E-state index in [1.165, 1.54) is 12.5 Å². The number of nitrogens with zero attached hydrogens (tertiary/aromatic N) is 2. The predicted octanol–water partition coefficient (Wildman–Crippen LogP) is 2.30. The molecule has 2 amide bonds. The molecule has 0 aliphatic carbocycles. The zero-order chi connectivity index (χ0) is 18.5. The quantitative estimate of drug-likeness (QED) is 0.894. The summed E-state index contributed by atoms with van der Waals surface area (Å²) in [5.41, 5.74) is 1.66. The first-order valence-electron chi connectivity index (χ1n) is 8.97. The Balaban J connectivity index is 1.50. The first-order valence-corrected chi connectivity index (χ1v) is 8.97. The normalized spacial score (nSPS) is 17.5. The van der Waals surface area contributed by atoms with Gasteiger partial charge >= 0.3 is 0 Å². The average molecular weight is 355 g/mol. The maximum atomic E-state index is 12.6. The highest BCUT2D eigenvalue weighted by Gasteiger charge is 2.28. The SMILES string of the molecule is CC(NC(=O)C(C)N1CCN(C(=O)c2ccoc2)CC1)c1ccccc1. The van der Waals surface area contributed by atoms with Crippen LogP contribution in [0.5, 0.6) is 0 Å². The van der Waals surface area contributed by atoms with Crippen molar-refractivity contribution in [1.29, 1.82) is 0 Å². The summed E-state index contributed by atoms with van der Waals surface area (Å²) in [7, 11) is 0. The minimum Gasteiger partial charge on any atom is -0.472 e. The summed E-state index contributed by atoms with van der Waals surface area (Å²) in [6.07, 6.45) is 2.97. The Morgan fingerprint density at radius 1 is 1.04 bits per heavy atom. The van der Waals surface area contributed by atoms with Crippen LogP contribution in [0.2, 0.25) is 0 Å². The lowest BCUT2D eigenvalue weighted by Gasteiger charge is -2.37. The average Bonchev–Trinajstić information content (AvgIpc) is 3.22. The summed E-state index contributed by atoms with van der Waals surface area (Å²) in [5, 5.41) is 3.08. The molecule has 2 heterocycles. The summed E-state index contributed by atoms with van der Waals surface area (Å²) in [5.74, 6) is -0.0100. The van der Waals surface area contributed by atoms with Crippen molar-refractivity contribution in [3.8, 4) is 0 Å². The molecule has 1 fully saturated rings. The molecule has 1 aromatic carbocycles. The Hall–Kier alpha value is -2.60. The monoisotopic (exact) mass is 355 g/mol. The van der Waals surface area contributed by atoms with Gasteiger partial charge < -0.3 is 14.6 Å². The molecule has 2 aromatic rings. The minimum atomic E-state index is -0.229. The van der Waals surface area contributed by atoms with E-state index >= 15 is 0 Å². The number of nitrogens with one attached hydrogen (secondary N) is 1. The van der Waals surface area contributed by atoms with E-state index in [1.54, 1.807) is 11.0 Å². The molecule has 26 heavy (non-hydrogen) atoms. The van der Waals surface area contributed by atoms with Gasteiger partial charge in [0.25, 0.3) is 5.91 Å². The highest BCUT2D eigenvalue weighted by molar-refractivity contribution is 5.93. The number of carbonyl (C=O) groups excluding carboxylic acids is 2. The van der Waals surface area contributed by atoms with Crippen LogP contribution in [0.15, 0.2) is 53.3 Å². The summed E-state index contributed by atoms with van der Waals surface area (Å²) in [6.45, 7) is 6.48. The van der Waals surface area contributed by atoms with Crippen LogP contribution in [0.4, 0.5) is 0 Å². The molecule has 1 aliphatic rings. The summed E-state index contributed by atoms with van der Waals surface area (Å²) in [4.78, 5) is 28.8. The van der Waals surface area contributed by atoms with Gasteiger partial charge in [-0.05, 0) is 25.5 Å². The lowest BCUT2D eigenvalue weighted by Crippen LogP contribution is -2.55. The fourth-order valence-corrected chi connectivity index (χ4v) is 3.21. The highest BCUT2D eigenvalue weighted by Crippen LogP contribution is 2.14. The number of furan rings is 1. The highest BCUT2D eigenvalue weighted by atomic mass is 16.3. The van der Waals surface area contributed by atoms with Crippen LogP contribution in [0, 0.1) is 0 Å². The van der Waals surface area contributed by atoms with Crippen molar-refractivity contribution in [2.24, 2.45) is 0 Å². The van der Waals surface area contributed by atoms with E-state index in [-0.39, 0.29) is 23.9 Å². The maximum Gasteiger partial charge on any atom is 0.257 e. The maximum absolute atomic E-state index is 12.6. The number of hydrogen-bond acceptors (Lipinski definition) is 4. The van der Waals surface area contributed by atoms with Gasteiger partial charge in [0, 0.05) is 26.2 Å². The Labute approximate surface area is 153 Å². The molecule has 1 aromatic heterocycles. The third-order valence-corrected chi connectivity index (χ3v) is 4.96. The van der Waals surface area contributed by atoms with Crippen molar-refractivity contribution in [2.75, 3.05) is 26.2 Å². The lowest BCUT2D eigenvalue weighted by molar-refractivity contribution is -0.127. The fraction of sp³-hybridized carbons (Fsp3) is 0.400. The van der Waals surface area contributed by atoms with Crippen LogP contribution < -0.4 is 5.32 Å². The summed E-state index contributed by atoms with van der Waals surface area (Å²) in [6, 6.07) is 11.3. The number of amides is 2. The predicted molar refractivity (Wildman–Crippen MR) is 98.6 cm³/mol. The topological polar surface area (TPSA) is 65.8 Å². The van der Waals surface area contributed by atoms with Crippen LogP contribution in [-0.2, 0) is 4.79 Å². The molecule has 1 N–H and O–H groups in total. The zero-order valence-electron chi connectivity index (χ0n) is 15.2. The zero-order valence-corrected chi connectivity index (χ0v) is 15.2. The second-order valence-corrected chi connectivity index (χ2v) is 6.66. The first kappa shape index (κ1) is 18.2. The van der Waals surface area contributed by atoms with Crippen LogP contribution in [0.1, 0.15) is 35.8 Å². The number of piperazine rings is 1. The van der Waals surface area contributed by atoms with E-state index in [0.717, 1.165) is 5.56 Å². The van der Waals surface area contributed by atoms with E-state index in [0.29, 0.717) is 31.7 Å². The van der Waals surface area contributed by atoms with Crippen molar-refractivity contribution in [3.05, 3.63) is 60.1 Å². The van der Waals surface area contributed by atoms with E-state index in [2.05, 4.69) is 10.2 Å². The second-order valence-electron chi connectivity index (χ2n) is 6.66. The number of hydrogen-bond donors (Lipinski definition) is 1. The Morgan fingerprint density at radius 2 is 1.73 bits per heavy atom. The first-order chi connectivity index (χ1) is 12.6. The Morgan fingerprint density at radius 3 is 2.35 bits per heavy atom. The summed E-state index contributed by atoms with van der Waals surface area (Å²) >= 11 is 0. The standard InChI is InChI=1S/C20H25N3O3/c1-15(17-6-4-3-5-7-17)21-19(24)16(2)22-9-11-23(12-10-22)20(25)18-8-13-26-14-18/h3-8,13-16H,9-12H2,1-2H3,(H,21,24). The molecule has 0 saturated carbocycles. The fourth-order valence-electron chi connectivity index (χ4n) is 3.21. The Kier molecular flexibility index (Phi) is 5.73. The number of rotatable bonds is 5. The van der Waals surface area contributed by atoms with Gasteiger partial charge in [-0.15, -0.1) is 0 Å². The largest absolute Gasteiger partial charge is 0.472 e. The van der Waals surface area contributed by atoms with E-state index in [9.17, 15) is 9.59 Å². The van der Waals surface area contributed by atoms with Gasteiger partial charge in [-0.25, -0.2) is 0 Å². The molecule has 2 atom stereocenters. The van der Waals surface area contributed by atoms with Crippen molar-refractivity contribution in [3.63, 3.8) is 0 Å². The van der Waals surface area contributed by atoms with E-state index < -0.39 is 0 Å². The van der Waals surface area contributed by atoms with Crippen molar-refractivity contribution in [2.45, 2.75) is 25.9 Å². The lowest BCUT2D eigenvalue weighted by atomic mass is 10.1. The van der Waals surface area contributed by atoms with Gasteiger partial charge in [0.1, 0.15) is 6.26 Å². The molecule has 6 heteroatoms. The van der Waals surface area contributed by atoms with Crippen LogP contribution in [0.3, 0.4) is 0 Å². The molecule has 1 saturated heterocycles. The van der Waals surface area contributed by atoms with Crippen molar-refractivity contribution >= 4 is 11.8 Å². The molecule has 0 spiro atoms. The molecule has 2 unspecified atom stereocenters. The van der Waals surface area contributed by atoms with Gasteiger partial charge in [0.2, 0.25) is 5.91 Å². The van der Waals surface area contributed by atoms with Crippen LogP contribution in [0.25, 0.3) is 0 Å². The smallest absolute Gasteiger partial charge is 0.257 e. The van der Waals surface area contributed by atoms with Crippen molar-refractivity contribution in [1.82, 2.24) is 15.1 Å². The molecule has 6 nitrogen and oxygen atoms in total. The second kappa shape index (κ2) is 8.19. The minimum absolute atomic E-state index is 0.0102. The van der Waals surface area contributed by atoms with Gasteiger partial charge in [0.15, 0.2) is 0 Å². The van der Waals surface area contributed by atoms with Gasteiger partial charge in [-0.3, -0.25) is 14.5 Å². The molecule has 3 rings (SSSR count). The van der Waals surface area contributed by atoms with Crippen LogP contribution >= 0.6 is 0 Å². The molecule has 0 bridgehead atoms. The van der Waals surface area contributed by atoms with Crippen molar-refractivity contribution < 1.29 is 14.0 Å². The van der Waals surface area contributed by atoms with Gasteiger partial charge in [-0.2, -0.15) is 0 Å². The van der Waals surface area contributed by atoms with Gasteiger partial charge in [-0.1, -0.05) is 30.3 Å². The third kappa shape index (κ3) is 4.14. The molecular weight excluding hydrogens is 330 g/mol. The number of carbonyl (C=O) groups is 2. The molecular formula is C20H25N3O3. The molecule has 138 valence electrons. The summed E-state index contributed by atoms with van der Waals surface area (Å²) < 4.78 is 4.98. The molecule has 1 aliphatic heterocycles. The van der Waals surface area contributed by atoms with E-state index in [1.807, 2.05) is 44.2 Å². The molecule has 0 radical (unpaired) electrons.